The minimum absolute atomic E-state index is 0.198. The summed E-state index contributed by atoms with van der Waals surface area (Å²) in [6, 6.07) is 9.01. The molecule has 3 rings (SSSR count). The van der Waals surface area contributed by atoms with Crippen LogP contribution in [0.4, 0.5) is 11.5 Å². The van der Waals surface area contributed by atoms with Crippen LogP contribution in [-0.4, -0.2) is 35.0 Å². The molecule has 1 amide bonds. The topological polar surface area (TPSA) is 71.0 Å². The summed E-state index contributed by atoms with van der Waals surface area (Å²) in [5, 5.41) is 2.85. The molecule has 2 aromatic heterocycles. The van der Waals surface area contributed by atoms with Crippen LogP contribution < -0.4 is 10.2 Å². The Labute approximate surface area is 140 Å². The van der Waals surface area contributed by atoms with Gasteiger partial charge in [0.1, 0.15) is 5.82 Å². The number of nitrogens with one attached hydrogen (secondary N) is 1. The van der Waals surface area contributed by atoms with Gasteiger partial charge in [0, 0.05) is 19.7 Å². The number of hydrogen-bond donors (Lipinski definition) is 1. The van der Waals surface area contributed by atoms with E-state index in [2.05, 4.69) is 20.3 Å². The highest BCUT2D eigenvalue weighted by Crippen LogP contribution is 2.17. The van der Waals surface area contributed by atoms with Crippen molar-refractivity contribution in [3.05, 3.63) is 53.5 Å². The lowest BCUT2D eigenvalue weighted by molar-refractivity contribution is 0.102. The molecule has 0 bridgehead atoms. The first-order valence-corrected chi connectivity index (χ1v) is 7.64. The van der Waals surface area contributed by atoms with Crippen molar-refractivity contribution >= 4 is 28.4 Å². The Hall–Kier alpha value is -3.02. The van der Waals surface area contributed by atoms with Gasteiger partial charge in [-0.1, -0.05) is 0 Å². The van der Waals surface area contributed by atoms with E-state index >= 15 is 0 Å². The average Bonchev–Trinajstić information content (AvgIpc) is 2.56. The number of carbonyl (C=O) groups excluding carboxylic acids is 1. The predicted octanol–water partition coefficient (Wildman–Crippen LogP) is 2.96. The molecule has 0 aliphatic rings. The molecule has 0 fully saturated rings. The molecule has 0 aliphatic carbocycles. The molecule has 0 saturated heterocycles. The summed E-state index contributed by atoms with van der Waals surface area (Å²) in [6.07, 6.45) is 1.64. The van der Waals surface area contributed by atoms with Crippen LogP contribution in [0.15, 0.2) is 36.5 Å². The SMILES string of the molecule is Cc1nc2ccc(C(=O)Nc3ccc(N(C)C)nc3)cc2nc1C. The van der Waals surface area contributed by atoms with Gasteiger partial charge in [-0.05, 0) is 44.2 Å². The van der Waals surface area contributed by atoms with E-state index in [-0.39, 0.29) is 5.91 Å². The van der Waals surface area contributed by atoms with Crippen LogP contribution in [0.25, 0.3) is 11.0 Å². The number of benzene rings is 1. The molecule has 24 heavy (non-hydrogen) atoms. The molecule has 3 aromatic rings. The van der Waals surface area contributed by atoms with E-state index < -0.39 is 0 Å². The van der Waals surface area contributed by atoms with Crippen LogP contribution in [0.2, 0.25) is 0 Å². The third-order valence-corrected chi connectivity index (χ3v) is 3.80. The number of anilines is 2. The fourth-order valence-corrected chi connectivity index (χ4v) is 2.30. The van der Waals surface area contributed by atoms with E-state index in [0.29, 0.717) is 16.8 Å². The number of rotatable bonds is 3. The highest BCUT2D eigenvalue weighted by molar-refractivity contribution is 6.05. The molecule has 1 N–H and O–H groups in total. The molecule has 122 valence electrons. The first kappa shape index (κ1) is 15.9. The number of pyridine rings is 1. The number of aromatic nitrogens is 3. The molecule has 6 heteroatoms. The Morgan fingerprint density at radius 2 is 1.71 bits per heavy atom. The second-order valence-electron chi connectivity index (χ2n) is 5.85. The van der Waals surface area contributed by atoms with Gasteiger partial charge in [0.05, 0.1) is 34.3 Å². The first-order valence-electron chi connectivity index (χ1n) is 7.64. The number of carbonyl (C=O) groups is 1. The standard InChI is InChI=1S/C18H19N5O/c1-11-12(2)21-16-9-13(5-7-15(16)20-11)18(24)22-14-6-8-17(19-10-14)23(3)4/h5-10H,1-4H3,(H,22,24). The fraction of sp³-hybridized carbons (Fsp3) is 0.222. The molecule has 0 atom stereocenters. The van der Waals surface area contributed by atoms with Crippen LogP contribution in [0.3, 0.4) is 0 Å². The number of nitrogens with zero attached hydrogens (tertiary/aromatic N) is 4. The van der Waals surface area contributed by atoms with Crippen LogP contribution in [0.5, 0.6) is 0 Å². The lowest BCUT2D eigenvalue weighted by Crippen LogP contribution is -2.14. The monoisotopic (exact) mass is 321 g/mol. The molecule has 0 unspecified atom stereocenters. The van der Waals surface area contributed by atoms with Gasteiger partial charge in [-0.3, -0.25) is 4.79 Å². The third-order valence-electron chi connectivity index (χ3n) is 3.80. The maximum atomic E-state index is 12.4. The van der Waals surface area contributed by atoms with Gasteiger partial charge in [-0.15, -0.1) is 0 Å². The summed E-state index contributed by atoms with van der Waals surface area (Å²) in [5.74, 6) is 0.635. The Morgan fingerprint density at radius 3 is 2.33 bits per heavy atom. The van der Waals surface area contributed by atoms with Crippen molar-refractivity contribution in [2.75, 3.05) is 24.3 Å². The summed E-state index contributed by atoms with van der Waals surface area (Å²) in [4.78, 5) is 27.6. The van der Waals surface area contributed by atoms with Crippen molar-refractivity contribution in [2.45, 2.75) is 13.8 Å². The zero-order valence-electron chi connectivity index (χ0n) is 14.2. The summed E-state index contributed by atoms with van der Waals surface area (Å²) >= 11 is 0. The average molecular weight is 321 g/mol. The molecule has 1 aromatic carbocycles. The lowest BCUT2D eigenvalue weighted by Gasteiger charge is -2.12. The van der Waals surface area contributed by atoms with Crippen LogP contribution in [-0.2, 0) is 0 Å². The Kier molecular flexibility index (Phi) is 4.12. The third kappa shape index (κ3) is 3.17. The minimum atomic E-state index is -0.198. The zero-order chi connectivity index (χ0) is 17.3. The molecule has 2 heterocycles. The summed E-state index contributed by atoms with van der Waals surface area (Å²) in [6.45, 7) is 3.83. The van der Waals surface area contributed by atoms with Gasteiger partial charge in [-0.25, -0.2) is 15.0 Å². The Balaban J connectivity index is 1.84. The van der Waals surface area contributed by atoms with E-state index in [1.807, 2.05) is 51.0 Å². The molecule has 0 spiro atoms. The van der Waals surface area contributed by atoms with Gasteiger partial charge >= 0.3 is 0 Å². The van der Waals surface area contributed by atoms with Crippen molar-refractivity contribution in [1.29, 1.82) is 0 Å². The maximum absolute atomic E-state index is 12.4. The van der Waals surface area contributed by atoms with E-state index in [1.165, 1.54) is 0 Å². The Bertz CT molecular complexity index is 903. The second kappa shape index (κ2) is 6.23. The van der Waals surface area contributed by atoms with Crippen molar-refractivity contribution in [3.8, 4) is 0 Å². The van der Waals surface area contributed by atoms with Crippen molar-refractivity contribution in [3.63, 3.8) is 0 Å². The van der Waals surface area contributed by atoms with E-state index in [4.69, 9.17) is 0 Å². The largest absolute Gasteiger partial charge is 0.363 e. The van der Waals surface area contributed by atoms with Gasteiger partial charge < -0.3 is 10.2 Å². The summed E-state index contributed by atoms with van der Waals surface area (Å²) in [7, 11) is 3.83. The molecular weight excluding hydrogens is 302 g/mol. The smallest absolute Gasteiger partial charge is 0.255 e. The molecule has 0 saturated carbocycles. The number of amides is 1. The van der Waals surface area contributed by atoms with Crippen LogP contribution in [0.1, 0.15) is 21.7 Å². The maximum Gasteiger partial charge on any atom is 0.255 e. The van der Waals surface area contributed by atoms with Crippen LogP contribution >= 0.6 is 0 Å². The Morgan fingerprint density at radius 1 is 1.00 bits per heavy atom. The molecule has 0 radical (unpaired) electrons. The quantitative estimate of drug-likeness (QED) is 0.803. The van der Waals surface area contributed by atoms with Crippen LogP contribution in [0, 0.1) is 13.8 Å². The normalized spacial score (nSPS) is 10.7. The van der Waals surface area contributed by atoms with Crippen molar-refractivity contribution in [1.82, 2.24) is 15.0 Å². The number of fused-ring (bicyclic) bond motifs is 1. The first-order chi connectivity index (χ1) is 11.4. The summed E-state index contributed by atoms with van der Waals surface area (Å²) in [5.41, 5.74) is 4.45. The van der Waals surface area contributed by atoms with Gasteiger partial charge in [0.15, 0.2) is 0 Å². The molecule has 0 aliphatic heterocycles. The van der Waals surface area contributed by atoms with Gasteiger partial charge in [0.2, 0.25) is 0 Å². The van der Waals surface area contributed by atoms with E-state index in [9.17, 15) is 4.79 Å². The number of aryl methyl sites for hydroxylation is 2. The van der Waals surface area contributed by atoms with E-state index in [1.54, 1.807) is 18.3 Å². The highest BCUT2D eigenvalue weighted by Gasteiger charge is 2.09. The second-order valence-corrected chi connectivity index (χ2v) is 5.85. The summed E-state index contributed by atoms with van der Waals surface area (Å²) < 4.78 is 0. The van der Waals surface area contributed by atoms with E-state index in [0.717, 1.165) is 22.7 Å². The molecule has 6 nitrogen and oxygen atoms in total. The highest BCUT2D eigenvalue weighted by atomic mass is 16.1. The number of hydrogen-bond acceptors (Lipinski definition) is 5. The van der Waals surface area contributed by atoms with Gasteiger partial charge in [0.25, 0.3) is 5.91 Å². The van der Waals surface area contributed by atoms with Gasteiger partial charge in [-0.2, -0.15) is 0 Å². The predicted molar refractivity (Wildman–Crippen MR) is 95.5 cm³/mol. The van der Waals surface area contributed by atoms with Crippen molar-refractivity contribution < 1.29 is 4.79 Å². The minimum Gasteiger partial charge on any atom is -0.363 e. The lowest BCUT2D eigenvalue weighted by atomic mass is 10.1. The zero-order valence-corrected chi connectivity index (χ0v) is 14.2. The molecular formula is C18H19N5O. The van der Waals surface area contributed by atoms with Crippen molar-refractivity contribution in [2.24, 2.45) is 0 Å². The fourth-order valence-electron chi connectivity index (χ4n) is 2.30.